The number of nitriles is 1. The van der Waals surface area contributed by atoms with Gasteiger partial charge < -0.3 is 15.1 Å². The smallest absolute Gasteiger partial charge is 0.312 e. The highest BCUT2D eigenvalue weighted by molar-refractivity contribution is 6.35. The summed E-state index contributed by atoms with van der Waals surface area (Å²) in [6.45, 7) is 2.04. The fourth-order valence-corrected chi connectivity index (χ4v) is 2.36. The molecule has 1 saturated heterocycles. The third-order valence-electron chi connectivity index (χ3n) is 3.26. The summed E-state index contributed by atoms with van der Waals surface area (Å²) < 4.78 is 0. The first-order valence-corrected chi connectivity index (χ1v) is 6.94. The third-order valence-corrected chi connectivity index (χ3v) is 3.50. The molecule has 1 fully saturated rings. The summed E-state index contributed by atoms with van der Waals surface area (Å²) in [4.78, 5) is 27.0. The zero-order valence-corrected chi connectivity index (χ0v) is 12.1. The lowest BCUT2D eigenvalue weighted by atomic mass is 10.2. The maximum absolute atomic E-state index is 11.9. The number of carbonyl (C=O) groups is 2. The van der Waals surface area contributed by atoms with E-state index in [1.165, 1.54) is 4.90 Å². The van der Waals surface area contributed by atoms with Crippen molar-refractivity contribution in [2.45, 2.75) is 0 Å². The Balaban J connectivity index is 1.90. The number of carbonyl (C=O) groups excluding carboxylic acids is 2. The zero-order chi connectivity index (χ0) is 15.2. The van der Waals surface area contributed by atoms with Crippen LogP contribution < -0.4 is 10.2 Å². The van der Waals surface area contributed by atoms with Crippen molar-refractivity contribution in [1.82, 2.24) is 10.2 Å². The summed E-state index contributed by atoms with van der Waals surface area (Å²) in [6.07, 6.45) is 0. The van der Waals surface area contributed by atoms with E-state index in [2.05, 4.69) is 10.2 Å². The zero-order valence-electron chi connectivity index (χ0n) is 11.4. The van der Waals surface area contributed by atoms with Gasteiger partial charge in [-0.15, -0.1) is 0 Å². The minimum atomic E-state index is -0.729. The van der Waals surface area contributed by atoms with Crippen molar-refractivity contribution in [1.29, 1.82) is 5.26 Å². The largest absolute Gasteiger partial charge is 0.368 e. The van der Waals surface area contributed by atoms with Gasteiger partial charge in [0.05, 0.1) is 6.07 Å². The van der Waals surface area contributed by atoms with Crippen LogP contribution in [0.15, 0.2) is 24.3 Å². The Morgan fingerprint density at radius 1 is 1.29 bits per heavy atom. The molecule has 21 heavy (non-hydrogen) atoms. The molecule has 0 saturated carbocycles. The van der Waals surface area contributed by atoms with Crippen molar-refractivity contribution in [2.75, 3.05) is 37.6 Å². The first-order chi connectivity index (χ1) is 10.1. The standard InChI is InChI=1S/C14H15ClN4O2/c15-11-2-1-3-12(10-11)18-6-8-19(9-7-18)14(21)13(20)17-5-4-16/h1-3,10H,5-9H2,(H,17,20). The second-order valence-corrected chi connectivity index (χ2v) is 5.04. The van der Waals surface area contributed by atoms with Gasteiger partial charge in [-0.05, 0) is 18.2 Å². The van der Waals surface area contributed by atoms with Gasteiger partial charge in [-0.1, -0.05) is 17.7 Å². The molecule has 1 heterocycles. The minimum absolute atomic E-state index is 0.160. The number of piperazine rings is 1. The molecule has 0 aromatic heterocycles. The van der Waals surface area contributed by atoms with Crippen molar-refractivity contribution in [3.8, 4) is 6.07 Å². The molecule has 1 aliphatic rings. The first kappa shape index (κ1) is 15.1. The van der Waals surface area contributed by atoms with E-state index in [0.717, 1.165) is 5.69 Å². The van der Waals surface area contributed by atoms with E-state index in [4.69, 9.17) is 16.9 Å². The number of rotatable bonds is 2. The van der Waals surface area contributed by atoms with Gasteiger partial charge in [-0.2, -0.15) is 5.26 Å². The fraction of sp³-hybridized carbons (Fsp3) is 0.357. The van der Waals surface area contributed by atoms with Gasteiger partial charge in [0.1, 0.15) is 6.54 Å². The van der Waals surface area contributed by atoms with Crippen LogP contribution in [0.25, 0.3) is 0 Å². The maximum atomic E-state index is 11.9. The van der Waals surface area contributed by atoms with Crippen LogP contribution in [-0.4, -0.2) is 49.4 Å². The van der Waals surface area contributed by atoms with E-state index in [9.17, 15) is 9.59 Å². The summed E-state index contributed by atoms with van der Waals surface area (Å²) in [5.41, 5.74) is 1.00. The molecule has 1 N–H and O–H groups in total. The van der Waals surface area contributed by atoms with E-state index in [0.29, 0.717) is 31.2 Å². The Morgan fingerprint density at radius 3 is 2.62 bits per heavy atom. The summed E-state index contributed by atoms with van der Waals surface area (Å²) in [5.74, 6) is -1.32. The lowest BCUT2D eigenvalue weighted by Gasteiger charge is -2.35. The van der Waals surface area contributed by atoms with Gasteiger partial charge in [-0.3, -0.25) is 9.59 Å². The Labute approximate surface area is 127 Å². The van der Waals surface area contributed by atoms with Crippen molar-refractivity contribution >= 4 is 29.1 Å². The number of nitrogens with one attached hydrogen (secondary N) is 1. The van der Waals surface area contributed by atoms with Gasteiger partial charge in [0.15, 0.2) is 0 Å². The fourth-order valence-electron chi connectivity index (χ4n) is 2.18. The molecule has 0 spiro atoms. The van der Waals surface area contributed by atoms with Gasteiger partial charge in [0.25, 0.3) is 0 Å². The summed E-state index contributed by atoms with van der Waals surface area (Å²) in [6, 6.07) is 9.29. The quantitative estimate of drug-likeness (QED) is 0.642. The molecule has 1 aromatic rings. The van der Waals surface area contributed by atoms with Crippen molar-refractivity contribution in [3.63, 3.8) is 0 Å². The Kier molecular flexibility index (Phi) is 5.01. The van der Waals surface area contributed by atoms with Crippen LogP contribution in [0.4, 0.5) is 5.69 Å². The van der Waals surface area contributed by atoms with Gasteiger partial charge >= 0.3 is 11.8 Å². The highest BCUT2D eigenvalue weighted by atomic mass is 35.5. The first-order valence-electron chi connectivity index (χ1n) is 6.56. The molecular formula is C14H15ClN4O2. The second-order valence-electron chi connectivity index (χ2n) is 4.60. The van der Waals surface area contributed by atoms with Crippen LogP contribution in [-0.2, 0) is 9.59 Å². The molecule has 1 aromatic carbocycles. The normalized spacial score (nSPS) is 14.5. The van der Waals surface area contributed by atoms with Crippen LogP contribution in [0.2, 0.25) is 5.02 Å². The number of hydrogen-bond donors (Lipinski definition) is 1. The number of hydrogen-bond acceptors (Lipinski definition) is 4. The molecule has 110 valence electrons. The number of halogens is 1. The summed E-state index contributed by atoms with van der Waals surface area (Å²) in [5, 5.41) is 11.3. The topological polar surface area (TPSA) is 76.4 Å². The van der Waals surface area contributed by atoms with Crippen molar-refractivity contribution in [2.24, 2.45) is 0 Å². The Bertz CT molecular complexity index is 577. The molecule has 0 aliphatic carbocycles. The molecule has 0 atom stereocenters. The molecule has 0 radical (unpaired) electrons. The van der Waals surface area contributed by atoms with Gasteiger partial charge in [0, 0.05) is 36.9 Å². The van der Waals surface area contributed by atoms with Crippen LogP contribution in [0.3, 0.4) is 0 Å². The third kappa shape index (κ3) is 3.86. The predicted octanol–water partition coefficient (Wildman–Crippen LogP) is 0.628. The number of amides is 2. The summed E-state index contributed by atoms with van der Waals surface area (Å²) in [7, 11) is 0. The lowest BCUT2D eigenvalue weighted by molar-refractivity contribution is -0.145. The molecule has 2 rings (SSSR count). The molecule has 7 heteroatoms. The lowest BCUT2D eigenvalue weighted by Crippen LogP contribution is -2.52. The second kappa shape index (κ2) is 6.95. The Morgan fingerprint density at radius 2 is 2.00 bits per heavy atom. The molecule has 1 aliphatic heterocycles. The van der Waals surface area contributed by atoms with Crippen LogP contribution >= 0.6 is 11.6 Å². The Hall–Kier alpha value is -2.26. The average molecular weight is 307 g/mol. The van der Waals surface area contributed by atoms with Crippen molar-refractivity contribution in [3.05, 3.63) is 29.3 Å². The molecule has 0 unspecified atom stereocenters. The van der Waals surface area contributed by atoms with Gasteiger partial charge in [0.2, 0.25) is 0 Å². The average Bonchev–Trinajstić information content (AvgIpc) is 2.52. The number of anilines is 1. The van der Waals surface area contributed by atoms with Crippen LogP contribution in [0.1, 0.15) is 0 Å². The van der Waals surface area contributed by atoms with Crippen molar-refractivity contribution < 1.29 is 9.59 Å². The van der Waals surface area contributed by atoms with E-state index < -0.39 is 11.8 Å². The van der Waals surface area contributed by atoms with Crippen LogP contribution in [0.5, 0.6) is 0 Å². The maximum Gasteiger partial charge on any atom is 0.312 e. The number of nitrogens with zero attached hydrogens (tertiary/aromatic N) is 3. The predicted molar refractivity (Wildman–Crippen MR) is 78.9 cm³/mol. The molecule has 6 nitrogen and oxygen atoms in total. The SMILES string of the molecule is N#CCNC(=O)C(=O)N1CCN(c2cccc(Cl)c2)CC1. The molecule has 2 amide bonds. The highest BCUT2D eigenvalue weighted by Crippen LogP contribution is 2.20. The van der Waals surface area contributed by atoms with E-state index >= 15 is 0 Å². The summed E-state index contributed by atoms with van der Waals surface area (Å²) >= 11 is 5.96. The minimum Gasteiger partial charge on any atom is -0.368 e. The van der Waals surface area contributed by atoms with E-state index in [1.807, 2.05) is 24.3 Å². The number of benzene rings is 1. The monoisotopic (exact) mass is 306 g/mol. The molecular weight excluding hydrogens is 292 g/mol. The van der Waals surface area contributed by atoms with E-state index in [1.54, 1.807) is 6.07 Å². The van der Waals surface area contributed by atoms with E-state index in [-0.39, 0.29) is 6.54 Å². The molecule has 0 bridgehead atoms. The van der Waals surface area contributed by atoms with Crippen LogP contribution in [0, 0.1) is 11.3 Å². The highest BCUT2D eigenvalue weighted by Gasteiger charge is 2.25. The van der Waals surface area contributed by atoms with Gasteiger partial charge in [-0.25, -0.2) is 0 Å².